The van der Waals surface area contributed by atoms with Crippen LogP contribution >= 0.6 is 23.7 Å². The average molecular weight is 378 g/mol. The Morgan fingerprint density at radius 2 is 1.88 bits per heavy atom. The van der Waals surface area contributed by atoms with Gasteiger partial charge in [-0.25, -0.2) is 9.67 Å². The second kappa shape index (κ2) is 7.99. The van der Waals surface area contributed by atoms with Crippen LogP contribution in [0.4, 0.5) is 5.13 Å². The van der Waals surface area contributed by atoms with Crippen molar-refractivity contribution in [3.63, 3.8) is 0 Å². The predicted octanol–water partition coefficient (Wildman–Crippen LogP) is 3.89. The van der Waals surface area contributed by atoms with Crippen molar-refractivity contribution < 1.29 is 0 Å². The van der Waals surface area contributed by atoms with Crippen molar-refractivity contribution in [2.24, 2.45) is 0 Å². The van der Waals surface area contributed by atoms with Crippen LogP contribution in [0.25, 0.3) is 5.69 Å². The fraction of sp³-hybridized carbons (Fsp3) is 0.333. The Labute approximate surface area is 158 Å². The van der Waals surface area contributed by atoms with E-state index in [1.807, 2.05) is 6.20 Å². The maximum Gasteiger partial charge on any atom is 0.180 e. The lowest BCUT2D eigenvalue weighted by Gasteiger charge is -2.16. The standard InChI is InChI=1S/C18H23N5S.ClH/c1-12-7-5-6-8-17(12)23-14(3)16(13(2)21-23)11-22(4)10-15-9-20-18(19)24-15;/h5-9H,10-11H2,1-4H3,(H2,19,20);1H. The van der Waals surface area contributed by atoms with E-state index in [2.05, 4.69) is 66.7 Å². The molecule has 0 radical (unpaired) electrons. The van der Waals surface area contributed by atoms with Crippen LogP contribution < -0.4 is 5.73 Å². The zero-order chi connectivity index (χ0) is 17.3. The normalized spacial score (nSPS) is 10.9. The number of halogens is 1. The zero-order valence-electron chi connectivity index (χ0n) is 15.0. The van der Waals surface area contributed by atoms with E-state index in [9.17, 15) is 0 Å². The monoisotopic (exact) mass is 377 g/mol. The molecule has 1 aromatic carbocycles. The Hall–Kier alpha value is -1.89. The Bertz CT molecular complexity index is 855. The molecule has 2 N–H and O–H groups in total. The number of nitrogens with zero attached hydrogens (tertiary/aromatic N) is 4. The third-order valence-electron chi connectivity index (χ3n) is 4.21. The first-order chi connectivity index (χ1) is 11.5. The van der Waals surface area contributed by atoms with E-state index >= 15 is 0 Å². The second-order valence-electron chi connectivity index (χ2n) is 6.18. The van der Waals surface area contributed by atoms with Crippen LogP contribution in [0.5, 0.6) is 0 Å². The largest absolute Gasteiger partial charge is 0.375 e. The van der Waals surface area contributed by atoms with Gasteiger partial charge in [-0.05, 0) is 39.4 Å². The highest BCUT2D eigenvalue weighted by atomic mass is 35.5. The third kappa shape index (κ3) is 4.21. The molecule has 0 aliphatic carbocycles. The maximum absolute atomic E-state index is 5.71. The molecule has 2 aromatic heterocycles. The predicted molar refractivity (Wildman–Crippen MR) is 107 cm³/mol. The number of aryl methyl sites for hydroxylation is 2. The van der Waals surface area contributed by atoms with Crippen LogP contribution in [0, 0.1) is 20.8 Å². The molecule has 0 saturated carbocycles. The summed E-state index contributed by atoms with van der Waals surface area (Å²) in [5, 5.41) is 5.39. The smallest absolute Gasteiger partial charge is 0.180 e. The zero-order valence-corrected chi connectivity index (χ0v) is 16.6. The van der Waals surface area contributed by atoms with Crippen molar-refractivity contribution >= 4 is 28.9 Å². The molecule has 0 spiro atoms. The lowest BCUT2D eigenvalue weighted by Crippen LogP contribution is -2.17. The molecular formula is C18H24ClN5S. The molecule has 3 aromatic rings. The van der Waals surface area contributed by atoms with E-state index in [1.165, 1.54) is 21.7 Å². The van der Waals surface area contributed by atoms with Crippen LogP contribution in [-0.2, 0) is 13.1 Å². The molecule has 0 fully saturated rings. The Kier molecular flexibility index (Phi) is 6.21. The first-order valence-electron chi connectivity index (χ1n) is 7.95. The van der Waals surface area contributed by atoms with Gasteiger partial charge in [0.05, 0.1) is 11.4 Å². The number of nitrogens with two attached hydrogens (primary N) is 1. The number of anilines is 1. The summed E-state index contributed by atoms with van der Waals surface area (Å²) in [6, 6.07) is 8.34. The van der Waals surface area contributed by atoms with E-state index in [1.54, 1.807) is 11.3 Å². The van der Waals surface area contributed by atoms with E-state index < -0.39 is 0 Å². The molecule has 5 nitrogen and oxygen atoms in total. The number of para-hydroxylation sites is 1. The van der Waals surface area contributed by atoms with Crippen molar-refractivity contribution in [1.29, 1.82) is 0 Å². The van der Waals surface area contributed by atoms with Crippen LogP contribution in [0.3, 0.4) is 0 Å². The maximum atomic E-state index is 5.71. The van der Waals surface area contributed by atoms with Gasteiger partial charge in [0.2, 0.25) is 0 Å². The van der Waals surface area contributed by atoms with Gasteiger partial charge in [0.15, 0.2) is 5.13 Å². The van der Waals surface area contributed by atoms with Gasteiger partial charge in [-0.15, -0.1) is 23.7 Å². The minimum absolute atomic E-state index is 0. The summed E-state index contributed by atoms with van der Waals surface area (Å²) >= 11 is 1.54. The highest BCUT2D eigenvalue weighted by molar-refractivity contribution is 7.15. The molecular weight excluding hydrogens is 354 g/mol. The van der Waals surface area contributed by atoms with Crippen LogP contribution in [0.2, 0.25) is 0 Å². The molecule has 0 unspecified atom stereocenters. The summed E-state index contributed by atoms with van der Waals surface area (Å²) in [7, 11) is 2.11. The van der Waals surface area contributed by atoms with E-state index in [-0.39, 0.29) is 12.4 Å². The topological polar surface area (TPSA) is 60.0 Å². The van der Waals surface area contributed by atoms with Gasteiger partial charge in [-0.2, -0.15) is 5.10 Å². The average Bonchev–Trinajstić information content (AvgIpc) is 3.06. The molecule has 0 atom stereocenters. The van der Waals surface area contributed by atoms with E-state index in [0.717, 1.165) is 24.5 Å². The molecule has 3 rings (SSSR count). The minimum Gasteiger partial charge on any atom is -0.375 e. The molecule has 7 heteroatoms. The number of benzene rings is 1. The van der Waals surface area contributed by atoms with E-state index in [4.69, 9.17) is 10.8 Å². The molecule has 0 saturated heterocycles. The first-order valence-corrected chi connectivity index (χ1v) is 8.77. The molecule has 134 valence electrons. The Morgan fingerprint density at radius 3 is 2.52 bits per heavy atom. The second-order valence-corrected chi connectivity index (χ2v) is 7.33. The number of hydrogen-bond acceptors (Lipinski definition) is 5. The van der Waals surface area contributed by atoms with Gasteiger partial charge in [0.25, 0.3) is 0 Å². The van der Waals surface area contributed by atoms with Gasteiger partial charge < -0.3 is 5.73 Å². The van der Waals surface area contributed by atoms with Crippen molar-refractivity contribution in [2.45, 2.75) is 33.9 Å². The quantitative estimate of drug-likeness (QED) is 0.732. The minimum atomic E-state index is 0. The van der Waals surface area contributed by atoms with Crippen molar-refractivity contribution in [2.75, 3.05) is 12.8 Å². The number of hydrogen-bond donors (Lipinski definition) is 1. The number of nitrogen functional groups attached to an aromatic ring is 1. The molecule has 0 amide bonds. The van der Waals surface area contributed by atoms with Gasteiger partial charge >= 0.3 is 0 Å². The summed E-state index contributed by atoms with van der Waals surface area (Å²) in [4.78, 5) is 7.57. The van der Waals surface area contributed by atoms with Gasteiger partial charge in [0, 0.05) is 35.4 Å². The molecule has 0 aliphatic rings. The highest BCUT2D eigenvalue weighted by Gasteiger charge is 2.16. The van der Waals surface area contributed by atoms with Gasteiger partial charge in [0.1, 0.15) is 0 Å². The molecule has 0 aliphatic heterocycles. The third-order valence-corrected chi connectivity index (χ3v) is 5.02. The van der Waals surface area contributed by atoms with Crippen LogP contribution in [0.1, 0.15) is 27.4 Å². The molecule has 0 bridgehead atoms. The van der Waals surface area contributed by atoms with Crippen molar-refractivity contribution in [1.82, 2.24) is 19.7 Å². The molecule has 25 heavy (non-hydrogen) atoms. The summed E-state index contributed by atoms with van der Waals surface area (Å²) in [5.41, 5.74) is 11.6. The lowest BCUT2D eigenvalue weighted by atomic mass is 10.1. The Morgan fingerprint density at radius 1 is 1.16 bits per heavy atom. The number of aromatic nitrogens is 3. The van der Waals surface area contributed by atoms with Crippen molar-refractivity contribution in [3.8, 4) is 5.69 Å². The summed E-state index contributed by atoms with van der Waals surface area (Å²) in [6.45, 7) is 8.02. The summed E-state index contributed by atoms with van der Waals surface area (Å²) in [5.74, 6) is 0. The fourth-order valence-electron chi connectivity index (χ4n) is 2.93. The highest BCUT2D eigenvalue weighted by Crippen LogP contribution is 2.23. The number of thiazole rings is 1. The van der Waals surface area contributed by atoms with Gasteiger partial charge in [-0.1, -0.05) is 18.2 Å². The summed E-state index contributed by atoms with van der Waals surface area (Å²) < 4.78 is 2.05. The fourth-order valence-corrected chi connectivity index (χ4v) is 3.69. The van der Waals surface area contributed by atoms with Gasteiger partial charge in [-0.3, -0.25) is 4.90 Å². The van der Waals surface area contributed by atoms with Crippen LogP contribution in [-0.4, -0.2) is 26.7 Å². The lowest BCUT2D eigenvalue weighted by molar-refractivity contribution is 0.320. The van der Waals surface area contributed by atoms with Crippen LogP contribution in [0.15, 0.2) is 30.5 Å². The van der Waals surface area contributed by atoms with E-state index in [0.29, 0.717) is 5.13 Å². The number of rotatable bonds is 5. The summed E-state index contributed by atoms with van der Waals surface area (Å²) in [6.07, 6.45) is 1.85. The SMILES string of the molecule is Cc1ccccc1-n1nc(C)c(CN(C)Cc2cnc(N)s2)c1C.Cl. The van der Waals surface area contributed by atoms with Crippen molar-refractivity contribution in [3.05, 3.63) is 57.9 Å². The Balaban J connectivity index is 0.00000225. The first kappa shape index (κ1) is 19.4. The molecule has 2 heterocycles.